The minimum absolute atomic E-state index is 0.0967. The normalized spacial score (nSPS) is 18.4. The van der Waals surface area contributed by atoms with Gasteiger partial charge < -0.3 is 15.0 Å². The lowest BCUT2D eigenvalue weighted by Crippen LogP contribution is -2.49. The molecule has 9 nitrogen and oxygen atoms in total. The van der Waals surface area contributed by atoms with E-state index >= 15 is 0 Å². The van der Waals surface area contributed by atoms with E-state index < -0.39 is 0 Å². The summed E-state index contributed by atoms with van der Waals surface area (Å²) >= 11 is 0. The number of phenolic OH excluding ortho intramolecular Hbond substituents is 1. The molecular formula is C28H33N7O2. The lowest BCUT2D eigenvalue weighted by Gasteiger charge is -2.40. The van der Waals surface area contributed by atoms with Gasteiger partial charge in [-0.05, 0) is 78.0 Å². The van der Waals surface area contributed by atoms with Crippen LogP contribution in [-0.4, -0.2) is 61.4 Å². The molecule has 0 bridgehead atoms. The fourth-order valence-corrected chi connectivity index (χ4v) is 5.91. The molecule has 2 aromatic carbocycles. The first-order valence-electron chi connectivity index (χ1n) is 13.3. The highest BCUT2D eigenvalue weighted by atomic mass is 16.3. The van der Waals surface area contributed by atoms with Crippen molar-refractivity contribution in [3.8, 4) is 5.75 Å². The van der Waals surface area contributed by atoms with E-state index in [-0.39, 0.29) is 23.4 Å². The van der Waals surface area contributed by atoms with Gasteiger partial charge in [-0.2, -0.15) is 0 Å². The highest BCUT2D eigenvalue weighted by Gasteiger charge is 2.34. The van der Waals surface area contributed by atoms with Crippen LogP contribution in [0.1, 0.15) is 61.1 Å². The second-order valence-electron chi connectivity index (χ2n) is 10.4. The number of H-pyrrole nitrogens is 1. The summed E-state index contributed by atoms with van der Waals surface area (Å²) in [5.74, 6) is 1.02. The zero-order valence-electron chi connectivity index (χ0n) is 21.2. The fourth-order valence-electron chi connectivity index (χ4n) is 5.91. The third-order valence-electron chi connectivity index (χ3n) is 7.90. The van der Waals surface area contributed by atoms with E-state index in [1.54, 1.807) is 12.1 Å². The molecule has 0 radical (unpaired) electrons. The van der Waals surface area contributed by atoms with Crippen molar-refractivity contribution in [1.29, 1.82) is 0 Å². The molecule has 0 amide bonds. The van der Waals surface area contributed by atoms with Gasteiger partial charge in [-0.3, -0.25) is 9.69 Å². The van der Waals surface area contributed by atoms with Crippen LogP contribution in [0.4, 0.5) is 5.69 Å². The summed E-state index contributed by atoms with van der Waals surface area (Å²) < 4.78 is 2.00. The molecule has 0 spiro atoms. The van der Waals surface area contributed by atoms with Gasteiger partial charge in [-0.15, -0.1) is 5.10 Å². The van der Waals surface area contributed by atoms with E-state index in [1.807, 2.05) is 35.0 Å². The SMILES string of the molecule is Cc1ccc2[nH]c(=O)c(C(c3nnnn3C3CCCCC3)N3CCN(c4ccc(O)cc4)CC3)cc2c1. The van der Waals surface area contributed by atoms with E-state index in [4.69, 9.17) is 0 Å². The quantitative estimate of drug-likeness (QED) is 0.429. The van der Waals surface area contributed by atoms with Crippen LogP contribution in [-0.2, 0) is 0 Å². The number of nitrogens with zero attached hydrogens (tertiary/aromatic N) is 6. The molecule has 1 saturated carbocycles. The van der Waals surface area contributed by atoms with Crippen molar-refractivity contribution in [2.75, 3.05) is 31.1 Å². The molecule has 1 atom stereocenters. The number of aromatic amines is 1. The Hall–Kier alpha value is -3.72. The van der Waals surface area contributed by atoms with Gasteiger partial charge in [0, 0.05) is 42.9 Å². The third kappa shape index (κ3) is 4.71. The largest absolute Gasteiger partial charge is 0.508 e. The van der Waals surface area contributed by atoms with Crippen LogP contribution in [0.3, 0.4) is 0 Å². The van der Waals surface area contributed by atoms with Crippen molar-refractivity contribution in [3.63, 3.8) is 0 Å². The van der Waals surface area contributed by atoms with Crippen LogP contribution in [0.25, 0.3) is 10.9 Å². The lowest BCUT2D eigenvalue weighted by atomic mass is 9.95. The maximum absolute atomic E-state index is 13.5. The maximum atomic E-state index is 13.5. The first-order chi connectivity index (χ1) is 18.1. The number of pyridine rings is 1. The fraction of sp³-hybridized carbons (Fsp3) is 0.429. The van der Waals surface area contributed by atoms with Crippen molar-refractivity contribution in [3.05, 3.63) is 75.8 Å². The van der Waals surface area contributed by atoms with E-state index in [0.29, 0.717) is 5.56 Å². The average molecular weight is 500 g/mol. The zero-order chi connectivity index (χ0) is 25.4. The molecule has 192 valence electrons. The van der Waals surface area contributed by atoms with Gasteiger partial charge in [0.2, 0.25) is 0 Å². The number of tetrazole rings is 1. The van der Waals surface area contributed by atoms with Gasteiger partial charge in [-0.1, -0.05) is 30.9 Å². The van der Waals surface area contributed by atoms with E-state index in [0.717, 1.165) is 67.0 Å². The summed E-state index contributed by atoms with van der Waals surface area (Å²) in [4.78, 5) is 21.3. The van der Waals surface area contributed by atoms with Crippen LogP contribution < -0.4 is 10.5 Å². The third-order valence-corrected chi connectivity index (χ3v) is 7.90. The van der Waals surface area contributed by atoms with Crippen LogP contribution in [0.5, 0.6) is 5.75 Å². The Labute approximate surface area is 215 Å². The van der Waals surface area contributed by atoms with Crippen molar-refractivity contribution >= 4 is 16.6 Å². The van der Waals surface area contributed by atoms with Crippen molar-refractivity contribution in [2.45, 2.75) is 51.1 Å². The molecular weight excluding hydrogens is 466 g/mol. The van der Waals surface area contributed by atoms with Gasteiger partial charge in [0.15, 0.2) is 5.82 Å². The summed E-state index contributed by atoms with van der Waals surface area (Å²) in [6.07, 6.45) is 5.73. The topological polar surface area (TPSA) is 103 Å². The van der Waals surface area contributed by atoms with Gasteiger partial charge in [-0.25, -0.2) is 4.68 Å². The summed E-state index contributed by atoms with van der Waals surface area (Å²) in [7, 11) is 0. The van der Waals surface area contributed by atoms with Crippen LogP contribution >= 0.6 is 0 Å². The molecule has 1 unspecified atom stereocenters. The maximum Gasteiger partial charge on any atom is 0.253 e. The molecule has 6 rings (SSSR count). The van der Waals surface area contributed by atoms with Gasteiger partial charge in [0.25, 0.3) is 5.56 Å². The Bertz CT molecular complexity index is 1430. The molecule has 2 N–H and O–H groups in total. The summed E-state index contributed by atoms with van der Waals surface area (Å²) in [5, 5.41) is 23.8. The average Bonchev–Trinajstić information content (AvgIpc) is 3.40. The molecule has 1 aliphatic carbocycles. The first-order valence-corrected chi connectivity index (χ1v) is 13.3. The number of fused-ring (bicyclic) bond motifs is 1. The summed E-state index contributed by atoms with van der Waals surface area (Å²) in [5.41, 5.74) is 3.65. The zero-order valence-corrected chi connectivity index (χ0v) is 21.2. The highest BCUT2D eigenvalue weighted by Crippen LogP contribution is 2.34. The molecule has 4 aromatic rings. The number of benzene rings is 2. The number of aromatic nitrogens is 5. The smallest absolute Gasteiger partial charge is 0.253 e. The van der Waals surface area contributed by atoms with Crippen molar-refractivity contribution < 1.29 is 5.11 Å². The number of rotatable bonds is 5. The Morgan fingerprint density at radius 3 is 2.49 bits per heavy atom. The Kier molecular flexibility index (Phi) is 6.38. The van der Waals surface area contributed by atoms with E-state index in [9.17, 15) is 9.90 Å². The number of piperazine rings is 1. The molecule has 1 saturated heterocycles. The molecule has 2 aliphatic rings. The lowest BCUT2D eigenvalue weighted by molar-refractivity contribution is 0.192. The van der Waals surface area contributed by atoms with Gasteiger partial charge in [0.1, 0.15) is 11.8 Å². The summed E-state index contributed by atoms with van der Waals surface area (Å²) in [6, 6.07) is 15.4. The number of phenols is 1. The number of hydrogen-bond donors (Lipinski definition) is 2. The second kappa shape index (κ2) is 9.97. The predicted octanol–water partition coefficient (Wildman–Crippen LogP) is 3.95. The number of nitrogens with one attached hydrogen (secondary N) is 1. The van der Waals surface area contributed by atoms with Crippen LogP contribution in [0.15, 0.2) is 53.3 Å². The second-order valence-corrected chi connectivity index (χ2v) is 10.4. The number of anilines is 1. The Morgan fingerprint density at radius 1 is 0.973 bits per heavy atom. The summed E-state index contributed by atoms with van der Waals surface area (Å²) in [6.45, 7) is 5.18. The first kappa shape index (κ1) is 23.7. The molecule has 1 aliphatic heterocycles. The van der Waals surface area contributed by atoms with E-state index in [2.05, 4.69) is 43.3 Å². The Morgan fingerprint density at radius 2 is 1.73 bits per heavy atom. The number of aryl methyl sites for hydroxylation is 1. The Balaban J connectivity index is 1.38. The van der Waals surface area contributed by atoms with Crippen LogP contribution in [0.2, 0.25) is 0 Å². The molecule has 2 aromatic heterocycles. The standard InChI is InChI=1S/C28H33N7O2/c1-19-7-12-25-20(17-19)18-24(28(37)29-25)26(27-30-31-32-35(27)22-5-3-2-4-6-22)34-15-13-33(14-16-34)21-8-10-23(36)11-9-21/h7-12,17-18,22,26,36H,2-6,13-16H2,1H3,(H,29,37). The van der Waals surface area contributed by atoms with Gasteiger partial charge >= 0.3 is 0 Å². The van der Waals surface area contributed by atoms with Crippen LogP contribution in [0, 0.1) is 6.92 Å². The predicted molar refractivity (Wildman–Crippen MR) is 143 cm³/mol. The minimum Gasteiger partial charge on any atom is -0.508 e. The molecule has 37 heavy (non-hydrogen) atoms. The van der Waals surface area contributed by atoms with Gasteiger partial charge in [0.05, 0.1) is 6.04 Å². The highest BCUT2D eigenvalue weighted by molar-refractivity contribution is 5.79. The molecule has 2 fully saturated rings. The molecule has 3 heterocycles. The number of aromatic hydroxyl groups is 1. The van der Waals surface area contributed by atoms with Crippen molar-refractivity contribution in [2.24, 2.45) is 0 Å². The van der Waals surface area contributed by atoms with Crippen molar-refractivity contribution in [1.82, 2.24) is 30.1 Å². The minimum atomic E-state index is -0.340. The number of hydrogen-bond acceptors (Lipinski definition) is 7. The molecule has 9 heteroatoms. The monoisotopic (exact) mass is 499 g/mol. The van der Waals surface area contributed by atoms with E-state index in [1.165, 1.54) is 19.3 Å².